The minimum Gasteiger partial charge on any atom is -0.486 e. The summed E-state index contributed by atoms with van der Waals surface area (Å²) in [6, 6.07) is 14.1. The average molecular weight is 352 g/mol. The summed E-state index contributed by atoms with van der Waals surface area (Å²) in [7, 11) is 0. The normalized spacial score (nSPS) is 16.0. The quantitative estimate of drug-likeness (QED) is 0.900. The van der Waals surface area contributed by atoms with Crippen LogP contribution in [0.15, 0.2) is 42.5 Å². The van der Waals surface area contributed by atoms with Crippen LogP contribution in [0.25, 0.3) is 0 Å². The van der Waals surface area contributed by atoms with Crippen LogP contribution in [-0.2, 0) is 18.5 Å². The van der Waals surface area contributed by atoms with Gasteiger partial charge in [0.25, 0.3) is 0 Å². The monoisotopic (exact) mass is 352 g/mol. The molecule has 2 aromatic rings. The van der Waals surface area contributed by atoms with Crippen molar-refractivity contribution >= 4 is 6.03 Å². The second-order valence-corrected chi connectivity index (χ2v) is 7.35. The highest BCUT2D eigenvalue weighted by molar-refractivity contribution is 5.75. The molecule has 0 unspecified atom stereocenters. The Morgan fingerprint density at radius 1 is 1.04 bits per heavy atom. The summed E-state index contributed by atoms with van der Waals surface area (Å²) < 4.78 is 11.3. The number of benzene rings is 2. The highest BCUT2D eigenvalue weighted by atomic mass is 16.6. The first-order chi connectivity index (χ1) is 12.5. The molecule has 26 heavy (non-hydrogen) atoms. The Morgan fingerprint density at radius 3 is 2.58 bits per heavy atom. The number of carbonyl (C=O) groups excluding carboxylic acids is 1. The fraction of sp³-hybridized carbons (Fsp3) is 0.381. The molecule has 0 saturated carbocycles. The van der Waals surface area contributed by atoms with Crippen LogP contribution in [0.2, 0.25) is 0 Å². The number of amides is 2. The van der Waals surface area contributed by atoms with Crippen LogP contribution in [0.4, 0.5) is 4.79 Å². The van der Waals surface area contributed by atoms with Gasteiger partial charge >= 0.3 is 6.03 Å². The molecule has 136 valence electrons. The van der Waals surface area contributed by atoms with Crippen molar-refractivity contribution in [3.8, 4) is 11.5 Å². The van der Waals surface area contributed by atoms with E-state index < -0.39 is 5.54 Å². The molecule has 2 heterocycles. The van der Waals surface area contributed by atoms with Crippen molar-refractivity contribution in [3.05, 3.63) is 59.2 Å². The number of ether oxygens (including phenoxy) is 2. The molecule has 2 amide bonds. The van der Waals surface area contributed by atoms with Crippen LogP contribution in [0.5, 0.6) is 11.5 Å². The zero-order chi connectivity index (χ0) is 18.1. The maximum atomic E-state index is 12.8. The summed E-state index contributed by atoms with van der Waals surface area (Å²) in [4.78, 5) is 14.7. The lowest BCUT2D eigenvalue weighted by molar-refractivity contribution is 0.170. The fourth-order valence-corrected chi connectivity index (χ4v) is 3.52. The van der Waals surface area contributed by atoms with E-state index in [0.29, 0.717) is 19.8 Å². The minimum atomic E-state index is -0.510. The molecule has 0 bridgehead atoms. The van der Waals surface area contributed by atoms with Crippen LogP contribution in [0.1, 0.15) is 30.5 Å². The van der Waals surface area contributed by atoms with Gasteiger partial charge in [-0.25, -0.2) is 4.79 Å². The lowest BCUT2D eigenvalue weighted by Gasteiger charge is -2.34. The standard InChI is InChI=1S/C21H24N2O3/c1-21(2,17-7-8-18-19(13-17)26-12-11-25-18)22-20(24)23-10-9-15-5-3-4-6-16(15)14-23/h3-8,13H,9-12,14H2,1-2H3,(H,22,24). The van der Waals surface area contributed by atoms with Crippen LogP contribution in [0, 0.1) is 0 Å². The molecular formula is C21H24N2O3. The number of urea groups is 1. The number of carbonyl (C=O) groups is 1. The summed E-state index contributed by atoms with van der Waals surface area (Å²) in [6.07, 6.45) is 0.897. The Morgan fingerprint density at radius 2 is 1.77 bits per heavy atom. The van der Waals surface area contributed by atoms with E-state index in [9.17, 15) is 4.79 Å². The SMILES string of the molecule is CC(C)(NC(=O)N1CCc2ccccc2C1)c1ccc2c(c1)OCCO2. The van der Waals surface area contributed by atoms with Gasteiger partial charge in [-0.1, -0.05) is 30.3 Å². The van der Waals surface area contributed by atoms with Gasteiger partial charge in [0.1, 0.15) is 13.2 Å². The first-order valence-electron chi connectivity index (χ1n) is 9.07. The molecule has 0 aromatic heterocycles. The van der Waals surface area contributed by atoms with Gasteiger partial charge in [-0.05, 0) is 49.1 Å². The molecule has 0 spiro atoms. The number of nitrogens with one attached hydrogen (secondary N) is 1. The molecule has 0 radical (unpaired) electrons. The van der Waals surface area contributed by atoms with Crippen molar-refractivity contribution < 1.29 is 14.3 Å². The number of hydrogen-bond donors (Lipinski definition) is 1. The summed E-state index contributed by atoms with van der Waals surface area (Å²) in [5.41, 5.74) is 3.05. The third-order valence-electron chi connectivity index (χ3n) is 5.10. The van der Waals surface area contributed by atoms with Gasteiger partial charge in [-0.15, -0.1) is 0 Å². The summed E-state index contributed by atoms with van der Waals surface area (Å²) in [6.45, 7) is 6.53. The van der Waals surface area contributed by atoms with E-state index in [2.05, 4.69) is 23.5 Å². The summed E-state index contributed by atoms with van der Waals surface area (Å²) in [5, 5.41) is 3.17. The summed E-state index contributed by atoms with van der Waals surface area (Å²) in [5.74, 6) is 1.50. The highest BCUT2D eigenvalue weighted by Crippen LogP contribution is 2.34. The van der Waals surface area contributed by atoms with E-state index in [0.717, 1.165) is 30.0 Å². The van der Waals surface area contributed by atoms with Gasteiger partial charge in [0.15, 0.2) is 11.5 Å². The maximum absolute atomic E-state index is 12.8. The molecule has 4 rings (SSSR count). The lowest BCUT2D eigenvalue weighted by atomic mass is 9.93. The molecule has 2 aliphatic heterocycles. The third kappa shape index (κ3) is 3.21. The van der Waals surface area contributed by atoms with Crippen LogP contribution in [-0.4, -0.2) is 30.7 Å². The van der Waals surface area contributed by atoms with Crippen molar-refractivity contribution in [1.29, 1.82) is 0 Å². The van der Waals surface area contributed by atoms with Crippen molar-refractivity contribution in [2.24, 2.45) is 0 Å². The van der Waals surface area contributed by atoms with Crippen molar-refractivity contribution in [1.82, 2.24) is 10.2 Å². The van der Waals surface area contributed by atoms with Gasteiger partial charge in [0, 0.05) is 13.1 Å². The van der Waals surface area contributed by atoms with Crippen molar-refractivity contribution in [2.75, 3.05) is 19.8 Å². The first-order valence-corrected chi connectivity index (χ1v) is 9.07. The fourth-order valence-electron chi connectivity index (χ4n) is 3.52. The van der Waals surface area contributed by atoms with Crippen LogP contribution >= 0.6 is 0 Å². The lowest BCUT2D eigenvalue weighted by Crippen LogP contribution is -2.49. The zero-order valence-electron chi connectivity index (χ0n) is 15.2. The third-order valence-corrected chi connectivity index (χ3v) is 5.10. The molecule has 1 N–H and O–H groups in total. The molecule has 5 nitrogen and oxygen atoms in total. The van der Waals surface area contributed by atoms with Crippen molar-refractivity contribution in [3.63, 3.8) is 0 Å². The number of hydrogen-bond acceptors (Lipinski definition) is 3. The van der Waals surface area contributed by atoms with Crippen molar-refractivity contribution in [2.45, 2.75) is 32.4 Å². The maximum Gasteiger partial charge on any atom is 0.318 e. The second kappa shape index (κ2) is 6.56. The Balaban J connectivity index is 1.48. The topological polar surface area (TPSA) is 50.8 Å². The van der Waals surface area contributed by atoms with Gasteiger partial charge in [0.2, 0.25) is 0 Å². The molecule has 0 fully saturated rings. The summed E-state index contributed by atoms with van der Waals surface area (Å²) >= 11 is 0. The van der Waals surface area contributed by atoms with Gasteiger partial charge in [-0.3, -0.25) is 0 Å². The van der Waals surface area contributed by atoms with Gasteiger partial charge in [0.05, 0.1) is 5.54 Å². The molecule has 0 aliphatic carbocycles. The van der Waals surface area contributed by atoms with E-state index in [1.807, 2.05) is 43.0 Å². The highest BCUT2D eigenvalue weighted by Gasteiger charge is 2.28. The molecule has 2 aromatic carbocycles. The van der Waals surface area contributed by atoms with E-state index in [1.165, 1.54) is 11.1 Å². The average Bonchev–Trinajstić information content (AvgIpc) is 2.67. The number of rotatable bonds is 2. The Labute approximate surface area is 153 Å². The molecular weight excluding hydrogens is 328 g/mol. The van der Waals surface area contributed by atoms with Gasteiger partial charge < -0.3 is 19.7 Å². The van der Waals surface area contributed by atoms with Crippen LogP contribution in [0.3, 0.4) is 0 Å². The largest absolute Gasteiger partial charge is 0.486 e. The molecule has 5 heteroatoms. The smallest absolute Gasteiger partial charge is 0.318 e. The Hall–Kier alpha value is -2.69. The predicted octanol–water partition coefficient (Wildman–Crippen LogP) is 3.46. The molecule has 0 saturated heterocycles. The van der Waals surface area contributed by atoms with Crippen LogP contribution < -0.4 is 14.8 Å². The predicted molar refractivity (Wildman–Crippen MR) is 99.5 cm³/mol. The molecule has 0 atom stereocenters. The van der Waals surface area contributed by atoms with E-state index >= 15 is 0 Å². The van der Waals surface area contributed by atoms with E-state index in [4.69, 9.17) is 9.47 Å². The Kier molecular flexibility index (Phi) is 4.23. The second-order valence-electron chi connectivity index (χ2n) is 7.35. The van der Waals surface area contributed by atoms with E-state index in [-0.39, 0.29) is 6.03 Å². The first kappa shape index (κ1) is 16.8. The van der Waals surface area contributed by atoms with Gasteiger partial charge in [-0.2, -0.15) is 0 Å². The molecule has 2 aliphatic rings. The zero-order valence-corrected chi connectivity index (χ0v) is 15.2. The minimum absolute atomic E-state index is 0.0422. The Bertz CT molecular complexity index is 832. The number of fused-ring (bicyclic) bond motifs is 2. The number of nitrogens with zero attached hydrogens (tertiary/aromatic N) is 1. The van der Waals surface area contributed by atoms with E-state index in [1.54, 1.807) is 0 Å².